The molecule has 0 aliphatic heterocycles. The second-order valence-corrected chi connectivity index (χ2v) is 8.00. The minimum absolute atomic E-state index is 0.0146. The number of pyridine rings is 1. The van der Waals surface area contributed by atoms with Crippen LogP contribution in [0.5, 0.6) is 11.6 Å². The van der Waals surface area contributed by atoms with Crippen LogP contribution in [-0.2, 0) is 17.8 Å². The fraction of sp³-hybridized carbons (Fsp3) is 0.333. The molecule has 35 heavy (non-hydrogen) atoms. The molecule has 11 heteroatoms. The zero-order valence-corrected chi connectivity index (χ0v) is 18.5. The summed E-state index contributed by atoms with van der Waals surface area (Å²) in [6, 6.07) is 7.32. The molecule has 0 atom stereocenters. The Bertz CT molecular complexity index is 1160. The molecule has 0 radical (unpaired) electrons. The standard InChI is InChI=1S/C24H22F4N4O3/c25-23(26)34-19-5-4-14(9-18(19)17-6-7-29-21(10-17)35-24(27)28)8-15-11-30-20(31-12-15)13-32-22(33)16-2-1-3-16/h4-7,9-12,16,23-24H,1-3,8,13H2,(H,32,33). The molecule has 1 aromatic carbocycles. The van der Waals surface area contributed by atoms with Crippen molar-refractivity contribution < 1.29 is 31.8 Å². The van der Waals surface area contributed by atoms with Crippen molar-refractivity contribution in [2.75, 3.05) is 0 Å². The van der Waals surface area contributed by atoms with Crippen molar-refractivity contribution in [3.05, 3.63) is 65.9 Å². The summed E-state index contributed by atoms with van der Waals surface area (Å²) in [4.78, 5) is 24.2. The Hall–Kier alpha value is -3.76. The van der Waals surface area contributed by atoms with E-state index in [1.807, 2.05) is 0 Å². The van der Waals surface area contributed by atoms with Gasteiger partial charge in [-0.25, -0.2) is 15.0 Å². The molecule has 3 aromatic rings. The number of aromatic nitrogens is 3. The van der Waals surface area contributed by atoms with Gasteiger partial charge in [0.2, 0.25) is 11.8 Å². The van der Waals surface area contributed by atoms with Gasteiger partial charge in [-0.05, 0) is 47.7 Å². The predicted molar refractivity (Wildman–Crippen MR) is 117 cm³/mol. The number of nitrogens with zero attached hydrogens (tertiary/aromatic N) is 3. The van der Waals surface area contributed by atoms with E-state index in [-0.39, 0.29) is 35.6 Å². The molecule has 184 valence electrons. The lowest BCUT2D eigenvalue weighted by atomic mass is 9.85. The van der Waals surface area contributed by atoms with Gasteiger partial charge in [0.15, 0.2) is 0 Å². The van der Waals surface area contributed by atoms with Crippen molar-refractivity contribution in [3.8, 4) is 22.8 Å². The van der Waals surface area contributed by atoms with Crippen molar-refractivity contribution in [2.45, 2.75) is 45.5 Å². The van der Waals surface area contributed by atoms with E-state index in [2.05, 4.69) is 29.7 Å². The maximum atomic E-state index is 12.9. The number of carbonyl (C=O) groups is 1. The zero-order valence-electron chi connectivity index (χ0n) is 18.5. The zero-order chi connectivity index (χ0) is 24.8. The Morgan fingerprint density at radius 1 is 0.971 bits per heavy atom. The van der Waals surface area contributed by atoms with Gasteiger partial charge in [0.25, 0.3) is 0 Å². The minimum atomic E-state index is -3.07. The monoisotopic (exact) mass is 490 g/mol. The lowest BCUT2D eigenvalue weighted by molar-refractivity contribution is -0.127. The van der Waals surface area contributed by atoms with Crippen LogP contribution >= 0.6 is 0 Å². The number of alkyl halides is 4. The number of ether oxygens (including phenoxy) is 2. The van der Waals surface area contributed by atoms with Crippen molar-refractivity contribution >= 4 is 5.91 Å². The molecule has 1 N–H and O–H groups in total. The molecule has 1 amide bonds. The number of benzene rings is 1. The molecule has 2 aromatic heterocycles. The number of carbonyl (C=O) groups excluding carboxylic acids is 1. The van der Waals surface area contributed by atoms with Gasteiger partial charge in [-0.2, -0.15) is 17.6 Å². The van der Waals surface area contributed by atoms with Gasteiger partial charge in [0.05, 0.1) is 6.54 Å². The average molecular weight is 490 g/mol. The second kappa shape index (κ2) is 11.1. The van der Waals surface area contributed by atoms with Gasteiger partial charge >= 0.3 is 13.2 Å². The van der Waals surface area contributed by atoms with Crippen LogP contribution < -0.4 is 14.8 Å². The quantitative estimate of drug-likeness (QED) is 0.413. The first-order valence-corrected chi connectivity index (χ1v) is 10.9. The molecule has 0 bridgehead atoms. The first kappa shape index (κ1) is 24.4. The average Bonchev–Trinajstić information content (AvgIpc) is 2.78. The summed E-state index contributed by atoms with van der Waals surface area (Å²) in [7, 11) is 0. The lowest BCUT2D eigenvalue weighted by Crippen LogP contribution is -2.34. The highest BCUT2D eigenvalue weighted by Gasteiger charge is 2.24. The fourth-order valence-electron chi connectivity index (χ4n) is 3.62. The molecule has 0 unspecified atom stereocenters. The number of halogens is 4. The summed E-state index contributed by atoms with van der Waals surface area (Å²) in [5.74, 6) is 0.108. The lowest BCUT2D eigenvalue weighted by Gasteiger charge is -2.23. The van der Waals surface area contributed by atoms with Crippen LogP contribution in [-0.4, -0.2) is 34.1 Å². The maximum absolute atomic E-state index is 12.9. The largest absolute Gasteiger partial charge is 0.434 e. The predicted octanol–water partition coefficient (Wildman–Crippen LogP) is 4.75. The number of amides is 1. The summed E-state index contributed by atoms with van der Waals surface area (Å²) in [5, 5.41) is 2.83. The topological polar surface area (TPSA) is 86.2 Å². The number of hydrogen-bond acceptors (Lipinski definition) is 6. The van der Waals surface area contributed by atoms with Crippen LogP contribution in [0.4, 0.5) is 17.6 Å². The molecule has 0 saturated heterocycles. The van der Waals surface area contributed by atoms with E-state index in [1.54, 1.807) is 24.5 Å². The molecule has 1 fully saturated rings. The first-order chi connectivity index (χ1) is 16.9. The smallest absolute Gasteiger partial charge is 0.388 e. The molecular weight excluding hydrogens is 468 g/mol. The highest BCUT2D eigenvalue weighted by atomic mass is 19.3. The van der Waals surface area contributed by atoms with Gasteiger partial charge in [-0.3, -0.25) is 4.79 Å². The summed E-state index contributed by atoms with van der Waals surface area (Å²) in [6.07, 6.45) is 7.77. The fourth-order valence-corrected chi connectivity index (χ4v) is 3.62. The highest BCUT2D eigenvalue weighted by Crippen LogP contribution is 2.34. The molecule has 1 saturated carbocycles. The Morgan fingerprint density at radius 3 is 2.37 bits per heavy atom. The molecule has 1 aliphatic rings. The normalized spacial score (nSPS) is 13.5. The van der Waals surface area contributed by atoms with Crippen molar-refractivity contribution in [2.24, 2.45) is 5.92 Å². The van der Waals surface area contributed by atoms with Gasteiger partial charge in [-0.1, -0.05) is 12.5 Å². The summed E-state index contributed by atoms with van der Waals surface area (Å²) < 4.78 is 59.9. The molecular formula is C24H22F4N4O3. The van der Waals surface area contributed by atoms with Gasteiger partial charge < -0.3 is 14.8 Å². The Morgan fingerprint density at radius 2 is 1.71 bits per heavy atom. The Balaban J connectivity index is 1.49. The third-order valence-electron chi connectivity index (χ3n) is 5.58. The van der Waals surface area contributed by atoms with Crippen LogP contribution in [0.3, 0.4) is 0 Å². The number of hydrogen-bond donors (Lipinski definition) is 1. The van der Waals surface area contributed by atoms with Crippen LogP contribution in [0.1, 0.15) is 36.2 Å². The van der Waals surface area contributed by atoms with E-state index in [9.17, 15) is 22.4 Å². The Labute approximate surface area is 198 Å². The van der Waals surface area contributed by atoms with Crippen LogP contribution in [0.15, 0.2) is 48.9 Å². The van der Waals surface area contributed by atoms with Crippen LogP contribution in [0.25, 0.3) is 11.1 Å². The van der Waals surface area contributed by atoms with E-state index in [1.165, 1.54) is 24.4 Å². The summed E-state index contributed by atoms with van der Waals surface area (Å²) >= 11 is 0. The number of rotatable bonds is 10. The van der Waals surface area contributed by atoms with E-state index < -0.39 is 13.2 Å². The SMILES string of the molecule is O=C(NCc1ncc(Cc2ccc(OC(F)F)c(-c3ccnc(OC(F)F)c3)c2)cn1)C1CCC1. The first-order valence-electron chi connectivity index (χ1n) is 10.9. The van der Waals surface area contributed by atoms with E-state index >= 15 is 0 Å². The van der Waals surface area contributed by atoms with Crippen molar-refractivity contribution in [1.82, 2.24) is 20.3 Å². The van der Waals surface area contributed by atoms with E-state index in [0.717, 1.165) is 30.4 Å². The van der Waals surface area contributed by atoms with Crippen molar-refractivity contribution in [3.63, 3.8) is 0 Å². The summed E-state index contributed by atoms with van der Waals surface area (Å²) in [6.45, 7) is -5.90. The molecule has 2 heterocycles. The van der Waals surface area contributed by atoms with E-state index in [4.69, 9.17) is 0 Å². The number of nitrogens with one attached hydrogen (secondary N) is 1. The molecule has 1 aliphatic carbocycles. The van der Waals surface area contributed by atoms with Crippen LogP contribution in [0, 0.1) is 5.92 Å². The van der Waals surface area contributed by atoms with E-state index in [0.29, 0.717) is 17.8 Å². The molecule has 0 spiro atoms. The molecule has 7 nitrogen and oxygen atoms in total. The molecule has 4 rings (SSSR count). The van der Waals surface area contributed by atoms with Gasteiger partial charge in [0, 0.05) is 42.6 Å². The highest BCUT2D eigenvalue weighted by molar-refractivity contribution is 5.79. The van der Waals surface area contributed by atoms with Crippen LogP contribution in [0.2, 0.25) is 0 Å². The second-order valence-electron chi connectivity index (χ2n) is 8.00. The van der Waals surface area contributed by atoms with Gasteiger partial charge in [0.1, 0.15) is 11.6 Å². The van der Waals surface area contributed by atoms with Gasteiger partial charge in [-0.15, -0.1) is 0 Å². The van der Waals surface area contributed by atoms with Crippen molar-refractivity contribution in [1.29, 1.82) is 0 Å². The summed E-state index contributed by atoms with van der Waals surface area (Å²) in [5.41, 5.74) is 2.07. The third kappa shape index (κ3) is 6.65. The maximum Gasteiger partial charge on any atom is 0.388 e. The minimum Gasteiger partial charge on any atom is -0.434 e. The Kier molecular flexibility index (Phi) is 7.74. The third-order valence-corrected chi connectivity index (χ3v) is 5.58.